The molecule has 37 heavy (non-hydrogen) atoms. The number of piperidine rings is 1. The van der Waals surface area contributed by atoms with Crippen molar-refractivity contribution in [1.29, 1.82) is 0 Å². The molecule has 0 atom stereocenters. The number of halogens is 2. The molecular weight excluding hydrogens is 480 g/mol. The Morgan fingerprint density at radius 3 is 2.32 bits per heavy atom. The normalized spacial score (nSPS) is 13.8. The number of ether oxygens (including phenoxy) is 1. The summed E-state index contributed by atoms with van der Waals surface area (Å²) in [5, 5.41) is 2.66. The third-order valence-corrected chi connectivity index (χ3v) is 6.40. The molecule has 192 valence electrons. The second-order valence-corrected chi connectivity index (χ2v) is 8.79. The van der Waals surface area contributed by atoms with Crippen LogP contribution in [0.2, 0.25) is 0 Å². The van der Waals surface area contributed by atoms with Crippen molar-refractivity contribution in [1.82, 2.24) is 9.88 Å². The largest absolute Gasteiger partial charge is 0.462 e. The van der Waals surface area contributed by atoms with Gasteiger partial charge in [-0.1, -0.05) is 18.2 Å². The lowest BCUT2D eigenvalue weighted by Gasteiger charge is -2.32. The molecule has 1 aromatic heterocycles. The van der Waals surface area contributed by atoms with Gasteiger partial charge < -0.3 is 15.0 Å². The van der Waals surface area contributed by atoms with Crippen LogP contribution in [0.3, 0.4) is 0 Å². The number of aryl methyl sites for hydroxylation is 1. The number of benzene rings is 2. The highest BCUT2D eigenvalue weighted by atomic mass is 19.1. The first kappa shape index (κ1) is 25.9. The summed E-state index contributed by atoms with van der Waals surface area (Å²) in [6, 6.07) is 13.9. The summed E-state index contributed by atoms with van der Waals surface area (Å²) in [6.45, 7) is 4.35. The maximum absolute atomic E-state index is 14.7. The van der Waals surface area contributed by atoms with Crippen LogP contribution < -0.4 is 5.32 Å². The van der Waals surface area contributed by atoms with Crippen LogP contribution in [-0.2, 0) is 4.74 Å². The summed E-state index contributed by atoms with van der Waals surface area (Å²) in [5.41, 5.74) is 1.44. The summed E-state index contributed by atoms with van der Waals surface area (Å²) >= 11 is 0. The van der Waals surface area contributed by atoms with E-state index in [-0.39, 0.29) is 40.9 Å². The van der Waals surface area contributed by atoms with Crippen LogP contribution in [0, 0.1) is 18.6 Å². The van der Waals surface area contributed by atoms with Gasteiger partial charge in [-0.05, 0) is 74.6 Å². The first-order chi connectivity index (χ1) is 17.8. The Hall–Kier alpha value is -4.14. The Balaban J connectivity index is 1.36. The number of likely N-dealkylation sites (tertiary alicyclic amines) is 1. The SMILES string of the molecule is CCOC(=O)c1cccc(C(=O)Nc2ccc(C3CCN(C(=O)c4ccc(F)c(C)n4)CC3)cc2)c1F. The van der Waals surface area contributed by atoms with Gasteiger partial charge in [-0.15, -0.1) is 0 Å². The molecule has 2 aromatic carbocycles. The molecular formula is C28H27F2N3O4. The molecule has 1 saturated heterocycles. The van der Waals surface area contributed by atoms with Gasteiger partial charge in [0.05, 0.1) is 23.4 Å². The lowest BCUT2D eigenvalue weighted by molar-refractivity contribution is 0.0520. The predicted molar refractivity (Wildman–Crippen MR) is 134 cm³/mol. The van der Waals surface area contributed by atoms with Gasteiger partial charge in [0.25, 0.3) is 11.8 Å². The molecule has 0 spiro atoms. The Morgan fingerprint density at radius 2 is 1.68 bits per heavy atom. The minimum Gasteiger partial charge on any atom is -0.462 e. The molecule has 1 aliphatic rings. The van der Waals surface area contributed by atoms with Gasteiger partial charge in [0.15, 0.2) is 0 Å². The lowest BCUT2D eigenvalue weighted by Crippen LogP contribution is -2.38. The van der Waals surface area contributed by atoms with Crippen molar-refractivity contribution in [3.8, 4) is 0 Å². The smallest absolute Gasteiger partial charge is 0.341 e. The maximum Gasteiger partial charge on any atom is 0.341 e. The minimum atomic E-state index is -0.928. The number of anilines is 1. The van der Waals surface area contributed by atoms with E-state index in [4.69, 9.17) is 4.74 Å². The van der Waals surface area contributed by atoms with Crippen LogP contribution >= 0.6 is 0 Å². The van der Waals surface area contributed by atoms with Crippen molar-refractivity contribution in [2.45, 2.75) is 32.6 Å². The molecule has 0 radical (unpaired) electrons. The molecule has 3 aromatic rings. The minimum absolute atomic E-state index is 0.0987. The fourth-order valence-electron chi connectivity index (χ4n) is 4.35. The third-order valence-electron chi connectivity index (χ3n) is 6.40. The van der Waals surface area contributed by atoms with Crippen molar-refractivity contribution in [3.63, 3.8) is 0 Å². The molecule has 2 heterocycles. The number of rotatable bonds is 6. The molecule has 0 saturated carbocycles. The highest BCUT2D eigenvalue weighted by molar-refractivity contribution is 6.06. The van der Waals surface area contributed by atoms with E-state index in [2.05, 4.69) is 10.3 Å². The molecule has 1 aliphatic heterocycles. The van der Waals surface area contributed by atoms with Crippen molar-refractivity contribution >= 4 is 23.5 Å². The predicted octanol–water partition coefficient (Wildman–Crippen LogP) is 5.12. The standard InChI is InChI=1S/C28H27F2N3O4/c1-3-37-28(36)22-6-4-5-21(25(22)30)26(34)32-20-9-7-18(8-10-20)19-13-15-33(16-14-19)27(35)24-12-11-23(29)17(2)31-24/h4-12,19H,3,13-16H2,1-2H3,(H,32,34). The highest BCUT2D eigenvalue weighted by Crippen LogP contribution is 2.29. The van der Waals surface area contributed by atoms with Crippen molar-refractivity contribution in [2.75, 3.05) is 25.0 Å². The number of esters is 1. The first-order valence-corrected chi connectivity index (χ1v) is 12.1. The summed E-state index contributed by atoms with van der Waals surface area (Å²) < 4.78 is 33.0. The molecule has 7 nitrogen and oxygen atoms in total. The van der Waals surface area contributed by atoms with E-state index in [1.54, 1.807) is 24.0 Å². The van der Waals surface area contributed by atoms with Gasteiger partial charge in [-0.25, -0.2) is 18.6 Å². The van der Waals surface area contributed by atoms with Gasteiger partial charge in [0, 0.05) is 18.8 Å². The molecule has 1 fully saturated rings. The Morgan fingerprint density at radius 1 is 1.00 bits per heavy atom. The van der Waals surface area contributed by atoms with E-state index in [1.165, 1.54) is 37.3 Å². The van der Waals surface area contributed by atoms with E-state index >= 15 is 0 Å². The number of amides is 2. The molecule has 0 bridgehead atoms. The molecule has 0 unspecified atom stereocenters. The number of hydrogen-bond donors (Lipinski definition) is 1. The fraction of sp³-hybridized carbons (Fsp3) is 0.286. The zero-order valence-corrected chi connectivity index (χ0v) is 20.6. The van der Waals surface area contributed by atoms with Crippen LogP contribution in [-0.4, -0.2) is 47.4 Å². The number of nitrogens with one attached hydrogen (secondary N) is 1. The number of carbonyl (C=O) groups excluding carboxylic acids is 3. The van der Waals surface area contributed by atoms with Crippen molar-refractivity contribution < 1.29 is 27.9 Å². The zero-order valence-electron chi connectivity index (χ0n) is 20.6. The summed E-state index contributed by atoms with van der Waals surface area (Å²) in [5.74, 6) is -2.84. The highest BCUT2D eigenvalue weighted by Gasteiger charge is 2.26. The average Bonchev–Trinajstić information content (AvgIpc) is 2.90. The summed E-state index contributed by atoms with van der Waals surface area (Å²) in [4.78, 5) is 43.1. The molecule has 4 rings (SSSR count). The van der Waals surface area contributed by atoms with Gasteiger partial charge >= 0.3 is 5.97 Å². The summed E-state index contributed by atoms with van der Waals surface area (Å²) in [7, 11) is 0. The van der Waals surface area contributed by atoms with E-state index < -0.39 is 23.5 Å². The Kier molecular flexibility index (Phi) is 7.91. The van der Waals surface area contributed by atoms with Gasteiger partial charge in [0.1, 0.15) is 17.3 Å². The fourth-order valence-corrected chi connectivity index (χ4v) is 4.35. The van der Waals surface area contributed by atoms with Crippen LogP contribution in [0.15, 0.2) is 54.6 Å². The number of pyridine rings is 1. The van der Waals surface area contributed by atoms with Gasteiger partial charge in [-0.3, -0.25) is 9.59 Å². The van der Waals surface area contributed by atoms with E-state index in [1.807, 2.05) is 12.1 Å². The van der Waals surface area contributed by atoms with Gasteiger partial charge in [0.2, 0.25) is 0 Å². The van der Waals surface area contributed by atoms with Crippen LogP contribution in [0.5, 0.6) is 0 Å². The van der Waals surface area contributed by atoms with Crippen LogP contribution in [0.4, 0.5) is 14.5 Å². The van der Waals surface area contributed by atoms with Crippen molar-refractivity contribution in [3.05, 3.63) is 94.3 Å². The second kappa shape index (κ2) is 11.3. The number of hydrogen-bond acceptors (Lipinski definition) is 5. The summed E-state index contributed by atoms with van der Waals surface area (Å²) in [6.07, 6.45) is 1.51. The van der Waals surface area contributed by atoms with E-state index in [0.29, 0.717) is 18.8 Å². The Bertz CT molecular complexity index is 1320. The first-order valence-electron chi connectivity index (χ1n) is 12.1. The Labute approximate surface area is 213 Å². The van der Waals surface area contributed by atoms with Crippen LogP contribution in [0.1, 0.15) is 68.1 Å². The number of nitrogens with zero attached hydrogens (tertiary/aromatic N) is 2. The lowest BCUT2D eigenvalue weighted by atomic mass is 9.89. The number of carbonyl (C=O) groups is 3. The topological polar surface area (TPSA) is 88.6 Å². The second-order valence-electron chi connectivity index (χ2n) is 8.79. The van der Waals surface area contributed by atoms with Gasteiger partial charge in [-0.2, -0.15) is 0 Å². The molecule has 9 heteroatoms. The molecule has 2 amide bonds. The average molecular weight is 508 g/mol. The third kappa shape index (κ3) is 5.82. The van der Waals surface area contributed by atoms with E-state index in [9.17, 15) is 23.2 Å². The van der Waals surface area contributed by atoms with Crippen LogP contribution in [0.25, 0.3) is 0 Å². The monoisotopic (exact) mass is 507 g/mol. The number of aromatic nitrogens is 1. The molecule has 0 aliphatic carbocycles. The maximum atomic E-state index is 14.7. The van der Waals surface area contributed by atoms with E-state index in [0.717, 1.165) is 18.4 Å². The zero-order chi connectivity index (χ0) is 26.5. The van der Waals surface area contributed by atoms with Crippen molar-refractivity contribution in [2.24, 2.45) is 0 Å². The molecule has 1 N–H and O–H groups in total. The quantitative estimate of drug-likeness (QED) is 0.468.